The van der Waals surface area contributed by atoms with Gasteiger partial charge in [0.25, 0.3) is 0 Å². The summed E-state index contributed by atoms with van der Waals surface area (Å²) in [5, 5.41) is 3.18. The van der Waals surface area contributed by atoms with Crippen LogP contribution in [0.1, 0.15) is 30.6 Å². The van der Waals surface area contributed by atoms with Gasteiger partial charge in [-0.15, -0.1) is 0 Å². The fourth-order valence-corrected chi connectivity index (χ4v) is 3.94. The van der Waals surface area contributed by atoms with E-state index in [9.17, 15) is 17.6 Å². The van der Waals surface area contributed by atoms with Crippen molar-refractivity contribution in [3.63, 3.8) is 0 Å². The van der Waals surface area contributed by atoms with E-state index < -0.39 is 21.8 Å². The molecule has 6 nitrogen and oxygen atoms in total. The molecule has 0 aromatic heterocycles. The number of hydrogen-bond acceptors (Lipinski definition) is 5. The minimum absolute atomic E-state index is 0.120. The van der Waals surface area contributed by atoms with Crippen molar-refractivity contribution in [3.05, 3.63) is 29.6 Å². The highest BCUT2D eigenvalue weighted by atomic mass is 32.2. The van der Waals surface area contributed by atoms with Gasteiger partial charge < -0.3 is 10.1 Å². The van der Waals surface area contributed by atoms with Gasteiger partial charge in [-0.05, 0) is 50.6 Å². The summed E-state index contributed by atoms with van der Waals surface area (Å²) in [6, 6.07) is 2.77. The van der Waals surface area contributed by atoms with E-state index in [0.717, 1.165) is 24.7 Å². The largest absolute Gasteiger partial charge is 0.462 e. The number of piperidine rings is 1. The maximum atomic E-state index is 13.7. The zero-order valence-electron chi connectivity index (χ0n) is 13.1. The summed E-state index contributed by atoms with van der Waals surface area (Å²) >= 11 is 0. The number of hydrogen-bond donors (Lipinski definition) is 2. The molecule has 0 radical (unpaired) electrons. The quantitative estimate of drug-likeness (QED) is 0.786. The molecule has 128 valence electrons. The second-order valence-electron chi connectivity index (χ2n) is 5.59. The van der Waals surface area contributed by atoms with Crippen molar-refractivity contribution in [2.75, 3.05) is 19.7 Å². The molecule has 1 heterocycles. The Hall–Kier alpha value is -1.51. The Labute approximate surface area is 135 Å². The molecule has 2 N–H and O–H groups in total. The topological polar surface area (TPSA) is 84.5 Å². The van der Waals surface area contributed by atoms with Crippen LogP contribution in [0.25, 0.3) is 0 Å². The molecular weight excluding hydrogens is 323 g/mol. The van der Waals surface area contributed by atoms with E-state index >= 15 is 0 Å². The van der Waals surface area contributed by atoms with E-state index in [1.807, 2.05) is 6.92 Å². The number of halogens is 1. The van der Waals surface area contributed by atoms with Gasteiger partial charge in [-0.3, -0.25) is 0 Å². The fraction of sp³-hybridized carbons (Fsp3) is 0.533. The van der Waals surface area contributed by atoms with Crippen molar-refractivity contribution >= 4 is 16.0 Å². The van der Waals surface area contributed by atoms with Gasteiger partial charge >= 0.3 is 5.97 Å². The predicted octanol–water partition coefficient (Wildman–Crippen LogP) is 1.28. The van der Waals surface area contributed by atoms with E-state index in [2.05, 4.69) is 10.0 Å². The monoisotopic (exact) mass is 344 g/mol. The summed E-state index contributed by atoms with van der Waals surface area (Å²) < 4.78 is 46.1. The van der Waals surface area contributed by atoms with Gasteiger partial charge in [0, 0.05) is 6.04 Å². The molecule has 1 fully saturated rings. The summed E-state index contributed by atoms with van der Waals surface area (Å²) in [5.74, 6) is -1.43. The summed E-state index contributed by atoms with van der Waals surface area (Å²) in [6.07, 6.45) is 0.653. The van der Waals surface area contributed by atoms with Gasteiger partial charge in [0.1, 0.15) is 5.82 Å². The number of benzene rings is 1. The molecule has 0 spiro atoms. The minimum atomic E-state index is -3.91. The highest BCUT2D eigenvalue weighted by Gasteiger charge is 2.27. The number of rotatable bonds is 5. The fourth-order valence-electron chi connectivity index (χ4n) is 2.51. The van der Waals surface area contributed by atoms with Crippen LogP contribution in [0.15, 0.2) is 23.1 Å². The van der Waals surface area contributed by atoms with Crippen molar-refractivity contribution in [2.24, 2.45) is 5.92 Å². The van der Waals surface area contributed by atoms with Crippen LogP contribution in [-0.4, -0.2) is 40.1 Å². The Kier molecular flexibility index (Phi) is 5.72. The Morgan fingerprint density at radius 2 is 2.17 bits per heavy atom. The maximum absolute atomic E-state index is 13.7. The molecule has 1 aliphatic heterocycles. The Balaban J connectivity index is 2.26. The molecule has 2 unspecified atom stereocenters. The summed E-state index contributed by atoms with van der Waals surface area (Å²) in [6.45, 7) is 5.12. The lowest BCUT2D eigenvalue weighted by Crippen LogP contribution is -2.48. The number of nitrogens with one attached hydrogen (secondary N) is 2. The third kappa shape index (κ3) is 4.49. The average molecular weight is 344 g/mol. The number of esters is 1. The average Bonchev–Trinajstić information content (AvgIpc) is 2.49. The molecule has 2 atom stereocenters. The van der Waals surface area contributed by atoms with E-state index in [0.29, 0.717) is 13.0 Å². The Bertz CT molecular complexity index is 678. The first kappa shape index (κ1) is 17.8. The number of ether oxygens (including phenoxy) is 1. The smallest absolute Gasteiger partial charge is 0.338 e. The van der Waals surface area contributed by atoms with Crippen LogP contribution in [-0.2, 0) is 14.8 Å². The highest BCUT2D eigenvalue weighted by Crippen LogP contribution is 2.18. The zero-order chi connectivity index (χ0) is 17.0. The summed E-state index contributed by atoms with van der Waals surface area (Å²) in [5.41, 5.74) is -0.120. The minimum Gasteiger partial charge on any atom is -0.462 e. The molecule has 0 aliphatic carbocycles. The predicted molar refractivity (Wildman–Crippen MR) is 83.1 cm³/mol. The molecular formula is C15H21FN2O4S. The lowest BCUT2D eigenvalue weighted by molar-refractivity contribution is 0.0525. The Morgan fingerprint density at radius 3 is 2.83 bits per heavy atom. The van der Waals surface area contributed by atoms with Crippen LogP contribution >= 0.6 is 0 Å². The summed E-state index contributed by atoms with van der Waals surface area (Å²) in [4.78, 5) is 11.4. The van der Waals surface area contributed by atoms with Crippen LogP contribution in [0, 0.1) is 11.7 Å². The van der Waals surface area contributed by atoms with Crippen molar-refractivity contribution < 1.29 is 22.3 Å². The lowest BCUT2D eigenvalue weighted by atomic mass is 9.97. The first-order chi connectivity index (χ1) is 10.8. The molecule has 1 aromatic rings. The number of carbonyl (C=O) groups excluding carboxylic acids is 1. The van der Waals surface area contributed by atoms with Gasteiger partial charge in [-0.25, -0.2) is 22.3 Å². The first-order valence-electron chi connectivity index (χ1n) is 7.54. The second kappa shape index (κ2) is 7.37. The van der Waals surface area contributed by atoms with Crippen LogP contribution in [0.5, 0.6) is 0 Å². The van der Waals surface area contributed by atoms with Crippen molar-refractivity contribution in [1.82, 2.24) is 10.0 Å². The second-order valence-corrected chi connectivity index (χ2v) is 7.31. The molecule has 2 rings (SSSR count). The van der Waals surface area contributed by atoms with Gasteiger partial charge in [0.2, 0.25) is 10.0 Å². The van der Waals surface area contributed by atoms with E-state index in [4.69, 9.17) is 4.74 Å². The first-order valence-corrected chi connectivity index (χ1v) is 9.02. The third-order valence-corrected chi connectivity index (χ3v) is 5.25. The lowest BCUT2D eigenvalue weighted by Gasteiger charge is -2.30. The van der Waals surface area contributed by atoms with Crippen LogP contribution in [0.2, 0.25) is 0 Å². The maximum Gasteiger partial charge on any atom is 0.338 e. The van der Waals surface area contributed by atoms with Crippen LogP contribution in [0.3, 0.4) is 0 Å². The van der Waals surface area contributed by atoms with Gasteiger partial charge in [0.15, 0.2) is 0 Å². The molecule has 23 heavy (non-hydrogen) atoms. The number of carbonyl (C=O) groups is 1. The molecule has 0 amide bonds. The van der Waals surface area contributed by atoms with Gasteiger partial charge in [-0.2, -0.15) is 0 Å². The van der Waals surface area contributed by atoms with E-state index in [1.165, 1.54) is 0 Å². The molecule has 8 heteroatoms. The summed E-state index contributed by atoms with van der Waals surface area (Å²) in [7, 11) is -3.91. The standard InChI is InChI=1S/C15H21FN2O4S/c1-3-22-15(19)11-6-12(16)8-13(7-11)23(20,21)18-14-4-5-17-9-10(14)2/h6-8,10,14,17-18H,3-5,9H2,1-2H3. The Morgan fingerprint density at radius 1 is 1.43 bits per heavy atom. The molecule has 1 aliphatic rings. The van der Waals surface area contributed by atoms with Gasteiger partial charge in [0.05, 0.1) is 17.1 Å². The molecule has 0 bridgehead atoms. The van der Waals surface area contributed by atoms with E-state index in [1.54, 1.807) is 6.92 Å². The normalized spacial score (nSPS) is 21.9. The van der Waals surface area contributed by atoms with E-state index in [-0.39, 0.29) is 29.0 Å². The molecule has 1 aromatic carbocycles. The van der Waals surface area contributed by atoms with Crippen molar-refractivity contribution in [3.8, 4) is 0 Å². The molecule has 1 saturated heterocycles. The van der Waals surface area contributed by atoms with Crippen LogP contribution < -0.4 is 10.0 Å². The zero-order valence-corrected chi connectivity index (χ0v) is 14.0. The SMILES string of the molecule is CCOC(=O)c1cc(F)cc(S(=O)(=O)NC2CCNCC2C)c1. The molecule has 0 saturated carbocycles. The van der Waals surface area contributed by atoms with Crippen LogP contribution in [0.4, 0.5) is 4.39 Å². The van der Waals surface area contributed by atoms with Crippen molar-refractivity contribution in [2.45, 2.75) is 31.2 Å². The number of sulfonamides is 1. The third-order valence-electron chi connectivity index (χ3n) is 3.78. The van der Waals surface area contributed by atoms with Gasteiger partial charge in [-0.1, -0.05) is 6.92 Å². The highest BCUT2D eigenvalue weighted by molar-refractivity contribution is 7.89. The van der Waals surface area contributed by atoms with Crippen molar-refractivity contribution in [1.29, 1.82) is 0 Å².